The van der Waals surface area contributed by atoms with Gasteiger partial charge in [-0.05, 0) is 24.6 Å². The number of aliphatic hydroxyl groups is 3. The molecule has 2 unspecified atom stereocenters. The first-order valence-corrected chi connectivity index (χ1v) is 10.5. The third kappa shape index (κ3) is 3.24. The molecule has 2 bridgehead atoms. The van der Waals surface area contributed by atoms with E-state index in [4.69, 9.17) is 4.74 Å². The average Bonchev–Trinajstić information content (AvgIpc) is 3.31. The molecule has 2 atom stereocenters. The minimum absolute atomic E-state index is 0.0281. The Labute approximate surface area is 194 Å². The molecule has 1 aromatic carbocycles. The topological polar surface area (TPSA) is 146 Å². The van der Waals surface area contributed by atoms with Crippen LogP contribution in [0, 0.1) is 0 Å². The molecule has 0 saturated heterocycles. The number of carbonyl (C=O) groups is 1. The third-order valence-corrected chi connectivity index (χ3v) is 6.24. The van der Waals surface area contributed by atoms with E-state index in [2.05, 4.69) is 20.1 Å². The van der Waals surface area contributed by atoms with E-state index >= 15 is 0 Å². The van der Waals surface area contributed by atoms with Crippen LogP contribution >= 0.6 is 0 Å². The van der Waals surface area contributed by atoms with Crippen molar-refractivity contribution < 1.29 is 33.6 Å². The molecular weight excluding hydrogens is 466 g/mol. The van der Waals surface area contributed by atoms with Gasteiger partial charge in [-0.2, -0.15) is 13.9 Å². The highest BCUT2D eigenvalue weighted by Crippen LogP contribution is 2.54. The van der Waals surface area contributed by atoms with Gasteiger partial charge in [-0.25, -0.2) is 19.5 Å². The first-order chi connectivity index (χ1) is 16.7. The van der Waals surface area contributed by atoms with Gasteiger partial charge in [-0.1, -0.05) is 6.07 Å². The number of hydrogen-bond donors (Lipinski definition) is 3. The molecule has 0 fully saturated rings. The lowest BCUT2D eigenvalue weighted by Crippen LogP contribution is -2.53. The molecule has 35 heavy (non-hydrogen) atoms. The summed E-state index contributed by atoms with van der Waals surface area (Å²) in [6, 6.07) is 4.58. The van der Waals surface area contributed by atoms with Gasteiger partial charge in [-0.15, -0.1) is 0 Å². The van der Waals surface area contributed by atoms with Gasteiger partial charge >= 0.3 is 12.7 Å². The van der Waals surface area contributed by atoms with Crippen LogP contribution in [0.1, 0.15) is 45.6 Å². The summed E-state index contributed by atoms with van der Waals surface area (Å²) >= 11 is 0. The number of alkyl halides is 2. The number of amides is 1. The Bertz CT molecular complexity index is 1470. The third-order valence-electron chi connectivity index (χ3n) is 6.24. The van der Waals surface area contributed by atoms with Gasteiger partial charge in [0.1, 0.15) is 12.1 Å². The summed E-state index contributed by atoms with van der Waals surface area (Å²) in [6.45, 7) is -3.16. The van der Waals surface area contributed by atoms with Gasteiger partial charge in [-0.3, -0.25) is 9.69 Å². The Morgan fingerprint density at radius 3 is 2.60 bits per heavy atom. The maximum absolute atomic E-state index is 13.3. The zero-order chi connectivity index (χ0) is 24.5. The molecule has 1 aliphatic carbocycles. The molecule has 178 valence electrons. The minimum Gasteiger partial charge on any atom is -0.434 e. The van der Waals surface area contributed by atoms with Crippen molar-refractivity contribution >= 4 is 11.6 Å². The average molecular weight is 482 g/mol. The quantitative estimate of drug-likeness (QED) is 0.368. The minimum atomic E-state index is -3.54. The van der Waals surface area contributed by atoms with Gasteiger partial charge in [0.05, 0.1) is 17.4 Å². The first-order valence-electron chi connectivity index (χ1n) is 10.5. The normalized spacial score (nSPS) is 19.1. The van der Waals surface area contributed by atoms with Crippen LogP contribution in [0.25, 0.3) is 16.9 Å². The monoisotopic (exact) mass is 482 g/mol. The second kappa shape index (κ2) is 7.46. The van der Waals surface area contributed by atoms with E-state index in [9.17, 15) is 28.9 Å². The first kappa shape index (κ1) is 21.5. The Morgan fingerprint density at radius 1 is 1.11 bits per heavy atom. The number of ether oxygens (including phenoxy) is 1. The maximum Gasteiger partial charge on any atom is 0.387 e. The van der Waals surface area contributed by atoms with Crippen molar-refractivity contribution in [2.75, 3.05) is 0 Å². The Morgan fingerprint density at radius 2 is 1.89 bits per heavy atom. The number of halogens is 2. The molecule has 0 saturated carbocycles. The predicted octanol–water partition coefficient (Wildman–Crippen LogP) is 1.41. The summed E-state index contributed by atoms with van der Waals surface area (Å²) in [5, 5.41) is 34.8. The number of rotatable bonds is 4. The molecule has 11 nitrogen and oxygen atoms in total. The fourth-order valence-electron chi connectivity index (χ4n) is 4.98. The number of nitrogens with zero attached hydrogens (tertiary/aromatic N) is 6. The SMILES string of the molecule is O=C1c2cccc(OC(F)F)c2C2CC(c3nn4ccc(-c5cncnc5)nc4c32)N1C(O)(O)O. The number of aromatic nitrogens is 5. The molecule has 6 rings (SSSR count). The van der Waals surface area contributed by atoms with Crippen LogP contribution in [0.3, 0.4) is 0 Å². The molecule has 4 heterocycles. The lowest BCUT2D eigenvalue weighted by Gasteiger charge is -2.34. The number of fused-ring (bicyclic) bond motifs is 9. The van der Waals surface area contributed by atoms with E-state index < -0.39 is 30.6 Å². The molecule has 3 N–H and O–H groups in total. The summed E-state index contributed by atoms with van der Waals surface area (Å²) in [5.74, 6) is -1.93. The maximum atomic E-state index is 13.3. The zero-order valence-electron chi connectivity index (χ0n) is 17.7. The van der Waals surface area contributed by atoms with E-state index in [1.165, 1.54) is 29.0 Å². The van der Waals surface area contributed by atoms with Crippen molar-refractivity contribution in [3.8, 4) is 17.0 Å². The van der Waals surface area contributed by atoms with Crippen LogP contribution in [0.2, 0.25) is 0 Å². The van der Waals surface area contributed by atoms with Gasteiger partial charge in [0.2, 0.25) is 0 Å². The molecule has 1 amide bonds. The summed E-state index contributed by atoms with van der Waals surface area (Å²) < 4.78 is 32.7. The molecular formula is C22H16F2N6O5. The smallest absolute Gasteiger partial charge is 0.387 e. The summed E-state index contributed by atoms with van der Waals surface area (Å²) in [4.78, 5) is 26.5. The van der Waals surface area contributed by atoms with Crippen molar-refractivity contribution in [3.63, 3.8) is 0 Å². The van der Waals surface area contributed by atoms with E-state index in [0.717, 1.165) is 0 Å². The lowest BCUT2D eigenvalue weighted by molar-refractivity contribution is -0.385. The fraction of sp³-hybridized carbons (Fsp3) is 0.227. The van der Waals surface area contributed by atoms with Crippen LogP contribution in [0.4, 0.5) is 8.78 Å². The molecule has 13 heteroatoms. The standard InChI is InChI=1S/C22H16F2N6O5/c23-21(24)35-15-3-1-2-11-16(15)12-6-14(30(20(11)31)22(32,33)34)18-17(12)19-27-13(4-5-29(19)28-18)10-7-25-9-26-8-10/h1-5,7-9,12,14,21,32-34H,6H2. The van der Waals surface area contributed by atoms with E-state index in [1.54, 1.807) is 24.7 Å². The largest absolute Gasteiger partial charge is 0.434 e. The van der Waals surface area contributed by atoms with Gasteiger partial charge in [0.15, 0.2) is 5.65 Å². The fourth-order valence-corrected chi connectivity index (χ4v) is 4.98. The second-order valence-electron chi connectivity index (χ2n) is 8.18. The summed E-state index contributed by atoms with van der Waals surface area (Å²) in [5.41, 5.74) is 2.25. The summed E-state index contributed by atoms with van der Waals surface area (Å²) in [7, 11) is 0. The van der Waals surface area contributed by atoms with Crippen LogP contribution in [0.5, 0.6) is 5.75 Å². The molecule has 2 aliphatic rings. The van der Waals surface area contributed by atoms with E-state index in [0.29, 0.717) is 27.4 Å². The number of hydrogen-bond acceptors (Lipinski definition) is 9. The van der Waals surface area contributed by atoms with E-state index in [1.807, 2.05) is 0 Å². The Balaban J connectivity index is 1.63. The van der Waals surface area contributed by atoms with E-state index in [-0.39, 0.29) is 29.0 Å². The van der Waals surface area contributed by atoms with Crippen LogP contribution in [-0.2, 0) is 0 Å². The lowest BCUT2D eigenvalue weighted by atomic mass is 9.89. The predicted molar refractivity (Wildman–Crippen MR) is 112 cm³/mol. The van der Waals surface area contributed by atoms with Crippen LogP contribution in [-0.4, -0.2) is 63.4 Å². The Kier molecular flexibility index (Phi) is 4.58. The molecule has 1 aliphatic heterocycles. The van der Waals surface area contributed by atoms with Crippen LogP contribution < -0.4 is 4.74 Å². The van der Waals surface area contributed by atoms with Gasteiger partial charge in [0.25, 0.3) is 5.91 Å². The van der Waals surface area contributed by atoms with Crippen molar-refractivity contribution in [1.29, 1.82) is 0 Å². The Hall–Kier alpha value is -4.07. The highest BCUT2D eigenvalue weighted by atomic mass is 19.3. The highest BCUT2D eigenvalue weighted by molar-refractivity contribution is 5.98. The van der Waals surface area contributed by atoms with Crippen LogP contribution in [0.15, 0.2) is 49.2 Å². The van der Waals surface area contributed by atoms with Gasteiger partial charge < -0.3 is 20.1 Å². The van der Waals surface area contributed by atoms with Crippen molar-refractivity contribution in [2.24, 2.45) is 0 Å². The van der Waals surface area contributed by atoms with Crippen molar-refractivity contribution in [1.82, 2.24) is 29.5 Å². The summed E-state index contributed by atoms with van der Waals surface area (Å²) in [6.07, 6.45) is 2.64. The second-order valence-corrected chi connectivity index (χ2v) is 8.18. The number of benzene rings is 1. The van der Waals surface area contributed by atoms with Gasteiger partial charge in [0, 0.05) is 46.8 Å². The zero-order valence-corrected chi connectivity index (χ0v) is 17.7. The van der Waals surface area contributed by atoms with Crippen molar-refractivity contribution in [3.05, 3.63) is 71.6 Å². The molecule has 3 aromatic heterocycles. The molecule has 4 aromatic rings. The highest BCUT2D eigenvalue weighted by Gasteiger charge is 2.52. The molecule has 0 radical (unpaired) electrons. The molecule has 0 spiro atoms. The number of carbonyl (C=O) groups excluding carboxylic acids is 1. The van der Waals surface area contributed by atoms with Crippen molar-refractivity contribution in [2.45, 2.75) is 31.1 Å².